The Kier molecular flexibility index (Phi) is 7.25. The molecule has 1 heterocycles. The van der Waals surface area contributed by atoms with Crippen molar-refractivity contribution in [3.05, 3.63) is 29.3 Å². The Balaban J connectivity index is 1.83. The third kappa shape index (κ3) is 5.74. The first kappa shape index (κ1) is 19.2. The first-order valence-corrected chi connectivity index (χ1v) is 8.76. The number of methoxy groups -OCH3 is 1. The van der Waals surface area contributed by atoms with Crippen LogP contribution in [-0.2, 0) is 14.3 Å². The summed E-state index contributed by atoms with van der Waals surface area (Å²) < 4.78 is 10.6. The predicted octanol–water partition coefficient (Wildman–Crippen LogP) is 1.78. The van der Waals surface area contributed by atoms with Crippen LogP contribution in [0.1, 0.15) is 24.0 Å². The predicted molar refractivity (Wildman–Crippen MR) is 95.7 cm³/mol. The summed E-state index contributed by atoms with van der Waals surface area (Å²) >= 11 is 0. The molecule has 0 radical (unpaired) electrons. The fourth-order valence-corrected chi connectivity index (χ4v) is 2.96. The Morgan fingerprint density at radius 3 is 2.36 bits per heavy atom. The van der Waals surface area contributed by atoms with Gasteiger partial charge in [-0.05, 0) is 31.9 Å². The van der Waals surface area contributed by atoms with Crippen LogP contribution in [0.2, 0.25) is 0 Å². The highest BCUT2D eigenvalue weighted by Gasteiger charge is 2.22. The Morgan fingerprint density at radius 1 is 1.04 bits per heavy atom. The van der Waals surface area contributed by atoms with Gasteiger partial charge < -0.3 is 19.3 Å². The first-order chi connectivity index (χ1) is 12.0. The zero-order chi connectivity index (χ0) is 18.2. The van der Waals surface area contributed by atoms with E-state index in [1.165, 1.54) is 5.56 Å². The molecule has 6 heteroatoms. The topological polar surface area (TPSA) is 59.1 Å². The van der Waals surface area contributed by atoms with E-state index in [4.69, 9.17) is 9.47 Å². The molecule has 0 spiro atoms. The zero-order valence-corrected chi connectivity index (χ0v) is 15.4. The average Bonchev–Trinajstić information content (AvgIpc) is 2.85. The molecular weight excluding hydrogens is 320 g/mol. The SMILES string of the molecule is COCCC(=O)N1CCCN(C(=O)COc2ccc(C)cc2C)CC1. The van der Waals surface area contributed by atoms with Crippen molar-refractivity contribution < 1.29 is 19.1 Å². The third-order valence-corrected chi connectivity index (χ3v) is 4.40. The maximum Gasteiger partial charge on any atom is 0.260 e. The van der Waals surface area contributed by atoms with E-state index in [0.29, 0.717) is 39.2 Å². The molecule has 1 aliphatic heterocycles. The average molecular weight is 348 g/mol. The molecule has 0 saturated carbocycles. The molecule has 1 saturated heterocycles. The van der Waals surface area contributed by atoms with E-state index in [-0.39, 0.29) is 18.4 Å². The Labute approximate surface area is 149 Å². The van der Waals surface area contributed by atoms with Gasteiger partial charge in [-0.25, -0.2) is 0 Å². The normalized spacial score (nSPS) is 15.0. The number of hydrogen-bond acceptors (Lipinski definition) is 4. The van der Waals surface area contributed by atoms with E-state index < -0.39 is 0 Å². The van der Waals surface area contributed by atoms with Crippen LogP contribution in [-0.4, -0.2) is 68.1 Å². The van der Waals surface area contributed by atoms with E-state index in [1.807, 2.05) is 36.9 Å². The van der Waals surface area contributed by atoms with Crippen molar-refractivity contribution in [1.82, 2.24) is 9.80 Å². The standard InChI is InChI=1S/C19H28N2O4/c1-15-5-6-17(16(2)13-15)25-14-19(23)21-9-4-8-20(10-11-21)18(22)7-12-24-3/h5-6,13H,4,7-12,14H2,1-3H3. The number of amides is 2. The van der Waals surface area contributed by atoms with Crippen molar-refractivity contribution in [2.24, 2.45) is 0 Å². The molecule has 0 bridgehead atoms. The number of carbonyl (C=O) groups excluding carboxylic acids is 2. The molecular formula is C19H28N2O4. The fraction of sp³-hybridized carbons (Fsp3) is 0.579. The monoisotopic (exact) mass is 348 g/mol. The molecule has 6 nitrogen and oxygen atoms in total. The lowest BCUT2D eigenvalue weighted by Gasteiger charge is -2.22. The Hall–Kier alpha value is -2.08. The first-order valence-electron chi connectivity index (χ1n) is 8.76. The molecule has 2 amide bonds. The van der Waals surface area contributed by atoms with Crippen LogP contribution in [0.25, 0.3) is 0 Å². The van der Waals surface area contributed by atoms with Gasteiger partial charge in [-0.3, -0.25) is 9.59 Å². The molecule has 1 aromatic carbocycles. The lowest BCUT2D eigenvalue weighted by Crippen LogP contribution is -2.39. The van der Waals surface area contributed by atoms with Crippen LogP contribution >= 0.6 is 0 Å². The Morgan fingerprint density at radius 2 is 1.72 bits per heavy atom. The number of benzene rings is 1. The summed E-state index contributed by atoms with van der Waals surface area (Å²) in [7, 11) is 1.59. The van der Waals surface area contributed by atoms with Gasteiger partial charge in [0.2, 0.25) is 5.91 Å². The minimum Gasteiger partial charge on any atom is -0.484 e. The van der Waals surface area contributed by atoms with Gasteiger partial charge in [0.25, 0.3) is 5.91 Å². The zero-order valence-electron chi connectivity index (χ0n) is 15.4. The summed E-state index contributed by atoms with van der Waals surface area (Å²) in [6.45, 7) is 6.92. The van der Waals surface area contributed by atoms with Gasteiger partial charge in [-0.2, -0.15) is 0 Å². The molecule has 25 heavy (non-hydrogen) atoms. The van der Waals surface area contributed by atoms with Crippen molar-refractivity contribution in [2.45, 2.75) is 26.7 Å². The number of aryl methyl sites for hydroxylation is 2. The molecule has 0 unspecified atom stereocenters. The number of rotatable bonds is 6. The highest BCUT2D eigenvalue weighted by molar-refractivity contribution is 5.78. The fourth-order valence-electron chi connectivity index (χ4n) is 2.96. The van der Waals surface area contributed by atoms with Gasteiger partial charge in [0.1, 0.15) is 5.75 Å². The minimum atomic E-state index is -0.0360. The molecule has 1 aliphatic rings. The van der Waals surface area contributed by atoms with Crippen molar-refractivity contribution >= 4 is 11.8 Å². The van der Waals surface area contributed by atoms with Gasteiger partial charge in [-0.1, -0.05) is 17.7 Å². The molecule has 2 rings (SSSR count). The van der Waals surface area contributed by atoms with Crippen LogP contribution in [0.4, 0.5) is 0 Å². The van der Waals surface area contributed by atoms with Crippen LogP contribution in [0.15, 0.2) is 18.2 Å². The second-order valence-corrected chi connectivity index (χ2v) is 6.42. The van der Waals surface area contributed by atoms with Crippen LogP contribution in [0.5, 0.6) is 5.75 Å². The summed E-state index contributed by atoms with van der Waals surface area (Å²) in [5.41, 5.74) is 2.19. The van der Waals surface area contributed by atoms with Crippen LogP contribution in [0, 0.1) is 13.8 Å². The van der Waals surface area contributed by atoms with Crippen molar-refractivity contribution in [2.75, 3.05) is 46.5 Å². The molecule has 0 N–H and O–H groups in total. The third-order valence-electron chi connectivity index (χ3n) is 4.40. The number of nitrogens with zero attached hydrogens (tertiary/aromatic N) is 2. The number of ether oxygens (including phenoxy) is 2. The summed E-state index contributed by atoms with van der Waals surface area (Å²) in [4.78, 5) is 28.1. The van der Waals surface area contributed by atoms with E-state index >= 15 is 0 Å². The lowest BCUT2D eigenvalue weighted by molar-refractivity contribution is -0.135. The van der Waals surface area contributed by atoms with E-state index in [0.717, 1.165) is 17.7 Å². The summed E-state index contributed by atoms with van der Waals surface area (Å²) in [5, 5.41) is 0. The van der Waals surface area contributed by atoms with Gasteiger partial charge in [0.15, 0.2) is 6.61 Å². The molecule has 138 valence electrons. The summed E-state index contributed by atoms with van der Waals surface area (Å²) in [6.07, 6.45) is 1.17. The van der Waals surface area contributed by atoms with E-state index in [9.17, 15) is 9.59 Å². The second kappa shape index (κ2) is 9.42. The summed E-state index contributed by atoms with van der Waals surface area (Å²) in [5.74, 6) is 0.791. The highest BCUT2D eigenvalue weighted by Crippen LogP contribution is 2.18. The van der Waals surface area contributed by atoms with Gasteiger partial charge in [0.05, 0.1) is 13.0 Å². The summed E-state index contributed by atoms with van der Waals surface area (Å²) in [6, 6.07) is 5.91. The van der Waals surface area contributed by atoms with E-state index in [1.54, 1.807) is 12.0 Å². The van der Waals surface area contributed by atoms with Crippen molar-refractivity contribution in [1.29, 1.82) is 0 Å². The smallest absolute Gasteiger partial charge is 0.260 e. The molecule has 0 aromatic heterocycles. The van der Waals surface area contributed by atoms with Crippen LogP contribution < -0.4 is 4.74 Å². The quantitative estimate of drug-likeness (QED) is 0.786. The maximum atomic E-state index is 12.4. The van der Waals surface area contributed by atoms with Crippen molar-refractivity contribution in [3.63, 3.8) is 0 Å². The number of carbonyl (C=O) groups is 2. The molecule has 1 fully saturated rings. The lowest BCUT2D eigenvalue weighted by atomic mass is 10.1. The molecule has 0 atom stereocenters. The number of hydrogen-bond donors (Lipinski definition) is 0. The van der Waals surface area contributed by atoms with Crippen LogP contribution in [0.3, 0.4) is 0 Å². The van der Waals surface area contributed by atoms with E-state index in [2.05, 4.69) is 0 Å². The molecule has 0 aliphatic carbocycles. The molecule has 1 aromatic rings. The van der Waals surface area contributed by atoms with Gasteiger partial charge in [0, 0.05) is 33.3 Å². The minimum absolute atomic E-state index is 0.0293. The maximum absolute atomic E-state index is 12.4. The highest BCUT2D eigenvalue weighted by atomic mass is 16.5. The second-order valence-electron chi connectivity index (χ2n) is 6.42. The van der Waals surface area contributed by atoms with Gasteiger partial charge in [-0.15, -0.1) is 0 Å². The van der Waals surface area contributed by atoms with Crippen molar-refractivity contribution in [3.8, 4) is 5.75 Å². The largest absolute Gasteiger partial charge is 0.484 e. The Bertz CT molecular complexity index is 603. The van der Waals surface area contributed by atoms with Gasteiger partial charge >= 0.3 is 0 Å².